The molecule has 1 amide bonds. The molecule has 0 spiro atoms. The molecule has 0 radical (unpaired) electrons. The lowest BCUT2D eigenvalue weighted by Gasteiger charge is -2.37. The van der Waals surface area contributed by atoms with Crippen molar-refractivity contribution in [1.29, 1.82) is 0 Å². The Bertz CT molecular complexity index is 803. The fourth-order valence-electron chi connectivity index (χ4n) is 3.53. The van der Waals surface area contributed by atoms with E-state index in [9.17, 15) is 9.90 Å². The molecule has 0 bridgehead atoms. The molecular formula is C21H25NO5. The van der Waals surface area contributed by atoms with Crippen LogP contribution in [0.3, 0.4) is 0 Å². The Morgan fingerprint density at radius 1 is 1.15 bits per heavy atom. The molecule has 1 N–H and O–H groups in total. The molecule has 2 aromatic rings. The molecule has 1 atom stereocenters. The lowest BCUT2D eigenvalue weighted by atomic mass is 9.88. The van der Waals surface area contributed by atoms with Crippen molar-refractivity contribution < 1.29 is 24.1 Å². The summed E-state index contributed by atoms with van der Waals surface area (Å²) >= 11 is 0. The molecule has 1 aliphatic rings. The third kappa shape index (κ3) is 3.94. The van der Waals surface area contributed by atoms with Gasteiger partial charge in [-0.05, 0) is 60.7 Å². The maximum Gasteiger partial charge on any atom is 0.410 e. The van der Waals surface area contributed by atoms with Crippen LogP contribution in [-0.2, 0) is 17.6 Å². The number of methoxy groups -OCH3 is 2. The van der Waals surface area contributed by atoms with Gasteiger partial charge in [0.05, 0.1) is 26.9 Å². The van der Waals surface area contributed by atoms with E-state index in [1.807, 2.05) is 24.3 Å². The SMILES string of the molecule is CCOC(=O)N1CCc2cc(OC)c(OC)cc2[C@H]1Cc1ccc(O)cc1. The Morgan fingerprint density at radius 2 is 1.81 bits per heavy atom. The van der Waals surface area contributed by atoms with Crippen molar-refractivity contribution in [2.45, 2.75) is 25.8 Å². The van der Waals surface area contributed by atoms with Gasteiger partial charge in [-0.3, -0.25) is 0 Å². The zero-order valence-electron chi connectivity index (χ0n) is 15.9. The number of amides is 1. The van der Waals surface area contributed by atoms with Gasteiger partial charge in [0, 0.05) is 6.54 Å². The summed E-state index contributed by atoms with van der Waals surface area (Å²) in [4.78, 5) is 14.3. The summed E-state index contributed by atoms with van der Waals surface area (Å²) in [7, 11) is 3.22. The highest BCUT2D eigenvalue weighted by Crippen LogP contribution is 2.39. The van der Waals surface area contributed by atoms with Crippen molar-refractivity contribution in [3.05, 3.63) is 53.1 Å². The van der Waals surface area contributed by atoms with E-state index in [0.717, 1.165) is 23.1 Å². The Morgan fingerprint density at radius 3 is 2.44 bits per heavy atom. The number of ether oxygens (including phenoxy) is 3. The van der Waals surface area contributed by atoms with E-state index >= 15 is 0 Å². The number of nitrogens with zero attached hydrogens (tertiary/aromatic N) is 1. The van der Waals surface area contributed by atoms with Crippen molar-refractivity contribution in [3.8, 4) is 17.2 Å². The third-order valence-corrected chi connectivity index (χ3v) is 4.87. The standard InChI is InChI=1S/C21H25NO5/c1-4-27-21(24)22-10-9-15-12-19(25-2)20(26-3)13-17(15)18(22)11-14-5-7-16(23)8-6-14/h5-8,12-13,18,23H,4,9-11H2,1-3H3/t18-/m1/s1. The summed E-state index contributed by atoms with van der Waals surface area (Å²) in [5, 5.41) is 9.54. The summed E-state index contributed by atoms with van der Waals surface area (Å²) in [6, 6.07) is 10.8. The maximum atomic E-state index is 12.5. The van der Waals surface area contributed by atoms with Gasteiger partial charge in [-0.15, -0.1) is 0 Å². The Balaban J connectivity index is 2.02. The fraction of sp³-hybridized carbons (Fsp3) is 0.381. The van der Waals surface area contributed by atoms with Gasteiger partial charge in [0.1, 0.15) is 5.75 Å². The lowest BCUT2D eigenvalue weighted by molar-refractivity contribution is 0.0863. The summed E-state index contributed by atoms with van der Waals surface area (Å²) < 4.78 is 16.2. The predicted molar refractivity (Wildman–Crippen MR) is 102 cm³/mol. The molecule has 144 valence electrons. The number of rotatable bonds is 5. The first-order chi connectivity index (χ1) is 13.1. The van der Waals surface area contributed by atoms with Crippen LogP contribution in [0.1, 0.15) is 29.7 Å². The van der Waals surface area contributed by atoms with Crippen LogP contribution >= 0.6 is 0 Å². The molecule has 0 saturated carbocycles. The normalized spacial score (nSPS) is 15.8. The zero-order valence-corrected chi connectivity index (χ0v) is 15.9. The van der Waals surface area contributed by atoms with Crippen LogP contribution in [0.25, 0.3) is 0 Å². The fourth-order valence-corrected chi connectivity index (χ4v) is 3.53. The molecule has 6 nitrogen and oxygen atoms in total. The molecule has 1 heterocycles. The largest absolute Gasteiger partial charge is 0.508 e. The second-order valence-electron chi connectivity index (χ2n) is 6.43. The molecule has 0 aromatic heterocycles. The van der Waals surface area contributed by atoms with Crippen LogP contribution in [0.2, 0.25) is 0 Å². The first-order valence-electron chi connectivity index (χ1n) is 9.03. The smallest absolute Gasteiger partial charge is 0.410 e. The molecule has 2 aromatic carbocycles. The number of hydrogen-bond donors (Lipinski definition) is 1. The Hall–Kier alpha value is -2.89. The van der Waals surface area contributed by atoms with E-state index in [-0.39, 0.29) is 17.9 Å². The van der Waals surface area contributed by atoms with Gasteiger partial charge in [-0.2, -0.15) is 0 Å². The molecule has 27 heavy (non-hydrogen) atoms. The van der Waals surface area contributed by atoms with E-state index in [2.05, 4.69) is 0 Å². The minimum absolute atomic E-state index is 0.183. The van der Waals surface area contributed by atoms with E-state index in [4.69, 9.17) is 14.2 Å². The molecular weight excluding hydrogens is 346 g/mol. The summed E-state index contributed by atoms with van der Waals surface area (Å²) in [5.41, 5.74) is 3.19. The van der Waals surface area contributed by atoms with Gasteiger partial charge in [0.2, 0.25) is 0 Å². The molecule has 3 rings (SSSR count). The Labute approximate surface area is 159 Å². The van der Waals surface area contributed by atoms with E-state index in [0.29, 0.717) is 31.1 Å². The first-order valence-corrected chi connectivity index (χ1v) is 9.03. The van der Waals surface area contributed by atoms with Crippen molar-refractivity contribution in [2.24, 2.45) is 0 Å². The number of benzene rings is 2. The van der Waals surface area contributed by atoms with Crippen molar-refractivity contribution in [2.75, 3.05) is 27.4 Å². The van der Waals surface area contributed by atoms with Gasteiger partial charge >= 0.3 is 6.09 Å². The second kappa shape index (κ2) is 8.20. The number of phenols is 1. The first kappa shape index (κ1) is 18.9. The highest BCUT2D eigenvalue weighted by molar-refractivity contribution is 5.69. The zero-order chi connectivity index (χ0) is 19.4. The van der Waals surface area contributed by atoms with Gasteiger partial charge in [0.15, 0.2) is 11.5 Å². The molecule has 1 aliphatic heterocycles. The van der Waals surface area contributed by atoms with Crippen molar-refractivity contribution in [3.63, 3.8) is 0 Å². The minimum atomic E-state index is -0.318. The monoisotopic (exact) mass is 371 g/mol. The Kier molecular flexibility index (Phi) is 5.74. The summed E-state index contributed by atoms with van der Waals surface area (Å²) in [6.45, 7) is 2.71. The molecule has 0 saturated heterocycles. The number of carbonyl (C=O) groups is 1. The van der Waals surface area contributed by atoms with Crippen LogP contribution in [0.15, 0.2) is 36.4 Å². The highest BCUT2D eigenvalue weighted by atomic mass is 16.6. The van der Waals surface area contributed by atoms with Crippen molar-refractivity contribution in [1.82, 2.24) is 4.90 Å². The van der Waals surface area contributed by atoms with Gasteiger partial charge < -0.3 is 24.2 Å². The highest BCUT2D eigenvalue weighted by Gasteiger charge is 2.33. The van der Waals surface area contributed by atoms with Crippen LogP contribution < -0.4 is 9.47 Å². The van der Waals surface area contributed by atoms with Gasteiger partial charge in [-0.1, -0.05) is 12.1 Å². The van der Waals surface area contributed by atoms with Gasteiger partial charge in [-0.25, -0.2) is 4.79 Å². The predicted octanol–water partition coefficient (Wildman–Crippen LogP) is 3.71. The maximum absolute atomic E-state index is 12.5. The van der Waals surface area contributed by atoms with Crippen molar-refractivity contribution >= 4 is 6.09 Å². The summed E-state index contributed by atoms with van der Waals surface area (Å²) in [5.74, 6) is 1.54. The van der Waals surface area contributed by atoms with Gasteiger partial charge in [0.25, 0.3) is 0 Å². The third-order valence-electron chi connectivity index (χ3n) is 4.87. The molecule has 0 aliphatic carbocycles. The average molecular weight is 371 g/mol. The molecule has 0 fully saturated rings. The van der Waals surface area contributed by atoms with Crippen LogP contribution in [-0.4, -0.2) is 43.5 Å². The minimum Gasteiger partial charge on any atom is -0.508 e. The van der Waals surface area contributed by atoms with Crippen LogP contribution in [0.5, 0.6) is 17.2 Å². The number of fused-ring (bicyclic) bond motifs is 1. The number of aromatic hydroxyl groups is 1. The second-order valence-corrected chi connectivity index (χ2v) is 6.43. The van der Waals surface area contributed by atoms with E-state index in [1.54, 1.807) is 38.2 Å². The molecule has 6 heteroatoms. The molecule has 0 unspecified atom stereocenters. The topological polar surface area (TPSA) is 68.2 Å². The van der Waals surface area contributed by atoms with E-state index < -0.39 is 0 Å². The number of carbonyl (C=O) groups excluding carboxylic acids is 1. The number of phenolic OH excluding ortho intramolecular Hbond substituents is 1. The van der Waals surface area contributed by atoms with Crippen LogP contribution in [0.4, 0.5) is 4.79 Å². The number of hydrogen-bond acceptors (Lipinski definition) is 5. The quantitative estimate of drug-likeness (QED) is 0.868. The summed E-state index contributed by atoms with van der Waals surface area (Å²) in [6.07, 6.45) is 1.02. The lowest BCUT2D eigenvalue weighted by Crippen LogP contribution is -2.41. The average Bonchev–Trinajstić information content (AvgIpc) is 2.68. The van der Waals surface area contributed by atoms with Crippen LogP contribution in [0, 0.1) is 0 Å². The van der Waals surface area contributed by atoms with E-state index in [1.165, 1.54) is 0 Å².